The third kappa shape index (κ3) is 4.05. The molecule has 0 amide bonds. The Balaban J connectivity index is 1.43. The van der Waals surface area contributed by atoms with E-state index >= 15 is 0 Å². The van der Waals surface area contributed by atoms with E-state index in [1.807, 2.05) is 6.07 Å². The summed E-state index contributed by atoms with van der Waals surface area (Å²) < 4.78 is 56.7. The van der Waals surface area contributed by atoms with Gasteiger partial charge in [-0.3, -0.25) is 0 Å². The third-order valence-corrected chi connectivity index (χ3v) is 5.35. The number of halogens is 4. The normalized spacial score (nSPS) is 13.2. The second-order valence-corrected chi connectivity index (χ2v) is 7.82. The molecular formula is C22H15BrF3N3O3. The van der Waals surface area contributed by atoms with Crippen molar-refractivity contribution in [2.45, 2.75) is 6.18 Å². The lowest BCUT2D eigenvalue weighted by atomic mass is 10.2. The van der Waals surface area contributed by atoms with E-state index in [1.165, 1.54) is 0 Å². The number of para-hydroxylation sites is 2. The molecule has 2 N–H and O–H groups in total. The number of ether oxygens (including phenoxy) is 3. The SMILES string of the molecule is FC(F)(F)c1cc(Br)c2nc(Nc3ccccc3Oc3ccc4c(c3)OCCO4)[nH]c2c1. The van der Waals surface area contributed by atoms with Crippen molar-refractivity contribution in [1.29, 1.82) is 0 Å². The molecule has 1 aliphatic heterocycles. The number of nitrogens with one attached hydrogen (secondary N) is 2. The van der Waals surface area contributed by atoms with Crippen LogP contribution in [0.2, 0.25) is 0 Å². The minimum Gasteiger partial charge on any atom is -0.486 e. The minimum atomic E-state index is -4.46. The smallest absolute Gasteiger partial charge is 0.416 e. The minimum absolute atomic E-state index is 0.243. The highest BCUT2D eigenvalue weighted by Gasteiger charge is 2.31. The molecule has 1 aliphatic rings. The number of hydrogen-bond donors (Lipinski definition) is 2. The monoisotopic (exact) mass is 505 g/mol. The molecule has 0 fully saturated rings. The van der Waals surface area contributed by atoms with Crippen molar-refractivity contribution in [3.8, 4) is 23.0 Å². The fourth-order valence-corrected chi connectivity index (χ4v) is 3.85. The van der Waals surface area contributed by atoms with Gasteiger partial charge in [-0.25, -0.2) is 4.98 Å². The van der Waals surface area contributed by atoms with Gasteiger partial charge in [-0.1, -0.05) is 12.1 Å². The Hall–Kier alpha value is -3.40. The molecular weight excluding hydrogens is 491 g/mol. The highest BCUT2D eigenvalue weighted by Crippen LogP contribution is 2.38. The van der Waals surface area contributed by atoms with Crippen LogP contribution in [0.4, 0.5) is 24.8 Å². The zero-order valence-corrected chi connectivity index (χ0v) is 17.9. The third-order valence-electron chi connectivity index (χ3n) is 4.75. The van der Waals surface area contributed by atoms with Gasteiger partial charge in [0.2, 0.25) is 5.95 Å². The maximum atomic E-state index is 13.1. The summed E-state index contributed by atoms with van der Waals surface area (Å²) in [6, 6.07) is 14.5. The average Bonchev–Trinajstić information content (AvgIpc) is 3.18. The standard InChI is InChI=1S/C22H15BrF3N3O3/c23-14-9-12(22(24,25)26)10-16-20(14)29-21(28-16)27-15-3-1-2-4-17(15)32-13-5-6-18-19(11-13)31-8-7-30-18/h1-6,9-11H,7-8H2,(H2,27,28,29). The van der Waals surface area contributed by atoms with Crippen LogP contribution in [-0.4, -0.2) is 23.2 Å². The first-order valence-electron chi connectivity index (χ1n) is 9.57. The van der Waals surface area contributed by atoms with Crippen LogP contribution in [0.5, 0.6) is 23.0 Å². The molecule has 0 saturated carbocycles. The van der Waals surface area contributed by atoms with E-state index in [0.29, 0.717) is 47.4 Å². The topological polar surface area (TPSA) is 68.4 Å². The first-order valence-corrected chi connectivity index (χ1v) is 10.4. The molecule has 10 heteroatoms. The molecule has 32 heavy (non-hydrogen) atoms. The van der Waals surface area contributed by atoms with Crippen molar-refractivity contribution >= 4 is 38.6 Å². The summed E-state index contributed by atoms with van der Waals surface area (Å²) in [5.41, 5.74) is 0.438. The van der Waals surface area contributed by atoms with Crippen molar-refractivity contribution in [3.05, 3.63) is 64.6 Å². The highest BCUT2D eigenvalue weighted by atomic mass is 79.9. The van der Waals surface area contributed by atoms with Crippen LogP contribution in [0.25, 0.3) is 11.0 Å². The van der Waals surface area contributed by atoms with Gasteiger partial charge < -0.3 is 24.5 Å². The number of aromatic nitrogens is 2. The van der Waals surface area contributed by atoms with E-state index < -0.39 is 11.7 Å². The van der Waals surface area contributed by atoms with Crippen LogP contribution < -0.4 is 19.5 Å². The van der Waals surface area contributed by atoms with Gasteiger partial charge in [0.25, 0.3) is 0 Å². The number of fused-ring (bicyclic) bond motifs is 2. The Labute approximate surface area is 188 Å². The van der Waals surface area contributed by atoms with E-state index in [0.717, 1.165) is 12.1 Å². The Bertz CT molecular complexity index is 1310. The summed E-state index contributed by atoms with van der Waals surface area (Å²) in [4.78, 5) is 7.25. The van der Waals surface area contributed by atoms with Crippen molar-refractivity contribution in [2.75, 3.05) is 18.5 Å². The summed E-state index contributed by atoms with van der Waals surface area (Å²) in [7, 11) is 0. The molecule has 0 bridgehead atoms. The number of rotatable bonds is 4. The zero-order valence-electron chi connectivity index (χ0n) is 16.3. The van der Waals surface area contributed by atoms with E-state index in [4.69, 9.17) is 14.2 Å². The Morgan fingerprint density at radius 1 is 1.00 bits per heavy atom. The number of imidazole rings is 1. The lowest BCUT2D eigenvalue weighted by Gasteiger charge is -2.19. The van der Waals surface area contributed by atoms with Gasteiger partial charge in [0.1, 0.15) is 24.5 Å². The lowest BCUT2D eigenvalue weighted by Crippen LogP contribution is -2.15. The van der Waals surface area contributed by atoms with Gasteiger partial charge in [0, 0.05) is 10.5 Å². The first-order chi connectivity index (χ1) is 15.4. The predicted molar refractivity (Wildman–Crippen MR) is 116 cm³/mol. The molecule has 0 radical (unpaired) electrons. The second-order valence-electron chi connectivity index (χ2n) is 6.97. The molecule has 5 rings (SSSR count). The zero-order chi connectivity index (χ0) is 22.3. The van der Waals surface area contributed by atoms with Crippen LogP contribution in [-0.2, 0) is 6.18 Å². The summed E-state index contributed by atoms with van der Waals surface area (Å²) in [5.74, 6) is 2.58. The molecule has 164 valence electrons. The molecule has 0 aliphatic carbocycles. The van der Waals surface area contributed by atoms with Crippen LogP contribution in [0.3, 0.4) is 0 Å². The van der Waals surface area contributed by atoms with Gasteiger partial charge in [-0.2, -0.15) is 13.2 Å². The average molecular weight is 506 g/mol. The molecule has 0 unspecified atom stereocenters. The maximum Gasteiger partial charge on any atom is 0.416 e. The Morgan fingerprint density at radius 2 is 1.78 bits per heavy atom. The molecule has 0 spiro atoms. The van der Waals surface area contributed by atoms with Crippen molar-refractivity contribution in [2.24, 2.45) is 0 Å². The number of alkyl halides is 3. The van der Waals surface area contributed by atoms with Gasteiger partial charge >= 0.3 is 6.18 Å². The van der Waals surface area contributed by atoms with Crippen molar-refractivity contribution in [3.63, 3.8) is 0 Å². The Kier molecular flexibility index (Phi) is 5.09. The van der Waals surface area contributed by atoms with E-state index in [9.17, 15) is 13.2 Å². The van der Waals surface area contributed by atoms with Gasteiger partial charge in [0.05, 0.1) is 16.8 Å². The van der Waals surface area contributed by atoms with Crippen molar-refractivity contribution < 1.29 is 27.4 Å². The van der Waals surface area contributed by atoms with E-state index in [2.05, 4.69) is 31.2 Å². The molecule has 4 aromatic rings. The van der Waals surface area contributed by atoms with Gasteiger partial charge in [0.15, 0.2) is 17.2 Å². The van der Waals surface area contributed by atoms with Crippen LogP contribution in [0.15, 0.2) is 59.1 Å². The number of anilines is 2. The fraction of sp³-hybridized carbons (Fsp3) is 0.136. The summed E-state index contributed by atoms with van der Waals surface area (Å²) in [5, 5.41) is 3.08. The van der Waals surface area contributed by atoms with Gasteiger partial charge in [-0.15, -0.1) is 0 Å². The van der Waals surface area contributed by atoms with Crippen LogP contribution in [0.1, 0.15) is 5.56 Å². The number of hydrogen-bond acceptors (Lipinski definition) is 5. The van der Waals surface area contributed by atoms with Crippen LogP contribution in [0, 0.1) is 0 Å². The first kappa shape index (κ1) is 20.5. The molecule has 0 atom stereocenters. The van der Waals surface area contributed by atoms with Crippen LogP contribution >= 0.6 is 15.9 Å². The van der Waals surface area contributed by atoms with E-state index in [1.54, 1.807) is 36.4 Å². The molecule has 3 aromatic carbocycles. The summed E-state index contributed by atoms with van der Waals surface area (Å²) >= 11 is 3.17. The summed E-state index contributed by atoms with van der Waals surface area (Å²) in [6.45, 7) is 0.963. The number of aromatic amines is 1. The molecule has 6 nitrogen and oxygen atoms in total. The Morgan fingerprint density at radius 3 is 2.59 bits per heavy atom. The molecule has 2 heterocycles. The maximum absolute atomic E-state index is 13.1. The summed E-state index contributed by atoms with van der Waals surface area (Å²) in [6.07, 6.45) is -4.46. The lowest BCUT2D eigenvalue weighted by molar-refractivity contribution is -0.137. The number of H-pyrrole nitrogens is 1. The predicted octanol–water partition coefficient (Wildman–Crippen LogP) is 6.65. The quantitative estimate of drug-likeness (QED) is 0.325. The van der Waals surface area contributed by atoms with Gasteiger partial charge in [-0.05, 0) is 52.3 Å². The molecule has 0 saturated heterocycles. The largest absolute Gasteiger partial charge is 0.486 e. The number of nitrogens with zero attached hydrogens (tertiary/aromatic N) is 1. The second kappa shape index (κ2) is 7.94. The fourth-order valence-electron chi connectivity index (χ4n) is 3.30. The highest BCUT2D eigenvalue weighted by molar-refractivity contribution is 9.10. The molecule has 1 aromatic heterocycles. The van der Waals surface area contributed by atoms with Crippen molar-refractivity contribution in [1.82, 2.24) is 9.97 Å². The van der Waals surface area contributed by atoms with E-state index in [-0.39, 0.29) is 15.9 Å². The number of benzene rings is 3.